The SMILES string of the molecule is O=c1[nH]sc2cncc(Br)c12. The number of aromatic amines is 1. The first-order valence-electron chi connectivity index (χ1n) is 2.90. The van der Waals surface area contributed by atoms with Crippen LogP contribution >= 0.6 is 27.5 Å². The molecule has 0 aromatic carbocycles. The average Bonchev–Trinajstić information content (AvgIpc) is 2.34. The molecule has 5 heteroatoms. The molecule has 0 unspecified atom stereocenters. The zero-order valence-electron chi connectivity index (χ0n) is 5.30. The van der Waals surface area contributed by atoms with E-state index in [0.717, 1.165) is 9.17 Å². The molecular weight excluding hydrogens is 228 g/mol. The zero-order valence-corrected chi connectivity index (χ0v) is 7.70. The van der Waals surface area contributed by atoms with Crippen molar-refractivity contribution in [2.45, 2.75) is 0 Å². The van der Waals surface area contributed by atoms with Gasteiger partial charge in [0.2, 0.25) is 0 Å². The van der Waals surface area contributed by atoms with E-state index in [-0.39, 0.29) is 5.56 Å². The molecule has 11 heavy (non-hydrogen) atoms. The molecular formula is C6H3BrN2OS. The van der Waals surface area contributed by atoms with Crippen molar-refractivity contribution in [2.75, 3.05) is 0 Å². The summed E-state index contributed by atoms with van der Waals surface area (Å²) in [5.74, 6) is 0. The van der Waals surface area contributed by atoms with Gasteiger partial charge in [-0.25, -0.2) is 0 Å². The summed E-state index contributed by atoms with van der Waals surface area (Å²) in [5.41, 5.74) is -0.0562. The van der Waals surface area contributed by atoms with Gasteiger partial charge in [0.25, 0.3) is 5.56 Å². The predicted octanol–water partition coefficient (Wildman–Crippen LogP) is 1.75. The number of aromatic nitrogens is 2. The lowest BCUT2D eigenvalue weighted by Gasteiger charge is -1.87. The van der Waals surface area contributed by atoms with Crippen LogP contribution in [0.15, 0.2) is 21.7 Å². The maximum Gasteiger partial charge on any atom is 0.267 e. The molecule has 0 saturated carbocycles. The molecule has 0 bridgehead atoms. The van der Waals surface area contributed by atoms with E-state index in [1.807, 2.05) is 0 Å². The Labute approximate surface area is 74.4 Å². The van der Waals surface area contributed by atoms with Gasteiger partial charge in [-0.1, -0.05) is 11.5 Å². The summed E-state index contributed by atoms with van der Waals surface area (Å²) in [6.45, 7) is 0. The minimum absolute atomic E-state index is 0.0562. The monoisotopic (exact) mass is 230 g/mol. The van der Waals surface area contributed by atoms with Gasteiger partial charge < -0.3 is 0 Å². The molecule has 0 fully saturated rings. The Kier molecular flexibility index (Phi) is 1.54. The van der Waals surface area contributed by atoms with Gasteiger partial charge in [-0.3, -0.25) is 14.2 Å². The van der Waals surface area contributed by atoms with Crippen LogP contribution in [0.1, 0.15) is 0 Å². The van der Waals surface area contributed by atoms with E-state index >= 15 is 0 Å². The predicted molar refractivity (Wildman–Crippen MR) is 47.9 cm³/mol. The molecule has 0 amide bonds. The first-order valence-corrected chi connectivity index (χ1v) is 4.50. The third-order valence-electron chi connectivity index (χ3n) is 1.35. The molecule has 1 N–H and O–H groups in total. The van der Waals surface area contributed by atoms with Crippen molar-refractivity contribution in [1.82, 2.24) is 9.36 Å². The van der Waals surface area contributed by atoms with Crippen LogP contribution in [0.5, 0.6) is 0 Å². The fourth-order valence-corrected chi connectivity index (χ4v) is 2.23. The van der Waals surface area contributed by atoms with Crippen LogP contribution in [0.25, 0.3) is 10.1 Å². The van der Waals surface area contributed by atoms with Gasteiger partial charge in [0.1, 0.15) is 0 Å². The number of H-pyrrole nitrogens is 1. The summed E-state index contributed by atoms with van der Waals surface area (Å²) >= 11 is 4.55. The van der Waals surface area contributed by atoms with Crippen LogP contribution in [0.4, 0.5) is 0 Å². The number of rotatable bonds is 0. The fourth-order valence-electron chi connectivity index (χ4n) is 0.867. The van der Waals surface area contributed by atoms with Gasteiger partial charge in [0.15, 0.2) is 0 Å². The van der Waals surface area contributed by atoms with Crippen molar-refractivity contribution in [2.24, 2.45) is 0 Å². The summed E-state index contributed by atoms with van der Waals surface area (Å²) in [5, 5.41) is 0.685. The summed E-state index contributed by atoms with van der Waals surface area (Å²) in [6, 6.07) is 0. The van der Waals surface area contributed by atoms with Crippen LogP contribution in [-0.4, -0.2) is 9.36 Å². The fraction of sp³-hybridized carbons (Fsp3) is 0. The molecule has 0 spiro atoms. The van der Waals surface area contributed by atoms with Crippen LogP contribution in [0.2, 0.25) is 0 Å². The lowest BCUT2D eigenvalue weighted by atomic mass is 10.4. The summed E-state index contributed by atoms with van der Waals surface area (Å²) in [6.07, 6.45) is 3.28. The van der Waals surface area contributed by atoms with E-state index in [1.54, 1.807) is 12.4 Å². The molecule has 56 valence electrons. The maximum atomic E-state index is 11.1. The Balaban J connectivity index is 3.08. The quantitative estimate of drug-likeness (QED) is 0.750. The molecule has 3 nitrogen and oxygen atoms in total. The Hall–Kier alpha value is -0.680. The molecule has 2 aromatic rings. The first-order chi connectivity index (χ1) is 5.29. The second-order valence-electron chi connectivity index (χ2n) is 2.03. The van der Waals surface area contributed by atoms with Gasteiger partial charge in [-0.2, -0.15) is 0 Å². The van der Waals surface area contributed by atoms with Gasteiger partial charge >= 0.3 is 0 Å². The third-order valence-corrected chi connectivity index (χ3v) is 2.76. The van der Waals surface area contributed by atoms with Crippen molar-refractivity contribution in [3.8, 4) is 0 Å². The van der Waals surface area contributed by atoms with Crippen molar-refractivity contribution in [1.29, 1.82) is 0 Å². The summed E-state index contributed by atoms with van der Waals surface area (Å²) in [7, 11) is 0. The molecule has 0 aliphatic rings. The van der Waals surface area contributed by atoms with Crippen molar-refractivity contribution in [3.05, 3.63) is 27.2 Å². The standard InChI is InChI=1S/C6H3BrN2OS/c7-3-1-8-2-4-5(3)6(10)9-11-4/h1-2H,(H,9,10). The van der Waals surface area contributed by atoms with E-state index in [9.17, 15) is 4.79 Å². The number of hydrogen-bond acceptors (Lipinski definition) is 3. The Morgan fingerprint density at radius 2 is 2.36 bits per heavy atom. The Bertz CT molecular complexity index is 447. The molecule has 2 aromatic heterocycles. The lowest BCUT2D eigenvalue weighted by molar-refractivity contribution is 1.35. The van der Waals surface area contributed by atoms with Crippen LogP contribution in [0.3, 0.4) is 0 Å². The molecule has 0 saturated heterocycles. The first kappa shape index (κ1) is 7.00. The van der Waals surface area contributed by atoms with Gasteiger partial charge in [-0.05, 0) is 15.9 Å². The molecule has 0 aliphatic heterocycles. The smallest absolute Gasteiger partial charge is 0.267 e. The van der Waals surface area contributed by atoms with E-state index in [1.165, 1.54) is 11.5 Å². The Morgan fingerprint density at radius 3 is 3.09 bits per heavy atom. The van der Waals surface area contributed by atoms with Crippen LogP contribution in [-0.2, 0) is 0 Å². The van der Waals surface area contributed by atoms with Gasteiger partial charge in [-0.15, -0.1) is 0 Å². The van der Waals surface area contributed by atoms with E-state index in [0.29, 0.717) is 5.39 Å². The largest absolute Gasteiger partial charge is 0.277 e. The van der Waals surface area contributed by atoms with Crippen molar-refractivity contribution < 1.29 is 0 Å². The minimum Gasteiger partial charge on any atom is -0.277 e. The van der Waals surface area contributed by atoms with Crippen molar-refractivity contribution >= 4 is 37.5 Å². The number of fused-ring (bicyclic) bond motifs is 1. The normalized spacial score (nSPS) is 10.6. The molecule has 2 heterocycles. The van der Waals surface area contributed by atoms with E-state index in [4.69, 9.17) is 0 Å². The van der Waals surface area contributed by atoms with Crippen LogP contribution in [0, 0.1) is 0 Å². The highest BCUT2D eigenvalue weighted by molar-refractivity contribution is 9.10. The van der Waals surface area contributed by atoms with E-state index in [2.05, 4.69) is 25.3 Å². The molecule has 0 atom stereocenters. The number of halogens is 1. The van der Waals surface area contributed by atoms with E-state index < -0.39 is 0 Å². The number of hydrogen-bond donors (Lipinski definition) is 1. The second-order valence-corrected chi connectivity index (χ2v) is 3.73. The average molecular weight is 231 g/mol. The van der Waals surface area contributed by atoms with Crippen LogP contribution < -0.4 is 5.56 Å². The second kappa shape index (κ2) is 2.42. The highest BCUT2D eigenvalue weighted by Gasteiger charge is 2.04. The van der Waals surface area contributed by atoms with Gasteiger partial charge in [0.05, 0.1) is 14.6 Å². The molecule has 2 rings (SSSR count). The lowest BCUT2D eigenvalue weighted by Crippen LogP contribution is -1.96. The minimum atomic E-state index is -0.0562. The molecule has 0 aliphatic carbocycles. The summed E-state index contributed by atoms with van der Waals surface area (Å²) < 4.78 is 4.26. The van der Waals surface area contributed by atoms with Crippen molar-refractivity contribution in [3.63, 3.8) is 0 Å². The highest BCUT2D eigenvalue weighted by atomic mass is 79.9. The topological polar surface area (TPSA) is 45.8 Å². The highest BCUT2D eigenvalue weighted by Crippen LogP contribution is 2.20. The third kappa shape index (κ3) is 1.00. The zero-order chi connectivity index (χ0) is 7.84. The number of nitrogens with one attached hydrogen (secondary N) is 1. The van der Waals surface area contributed by atoms with Gasteiger partial charge in [0, 0.05) is 12.4 Å². The Morgan fingerprint density at radius 1 is 1.55 bits per heavy atom. The summed E-state index contributed by atoms with van der Waals surface area (Å²) in [4.78, 5) is 15.0. The number of nitrogens with zero attached hydrogens (tertiary/aromatic N) is 1. The molecule has 0 radical (unpaired) electrons. The number of pyridine rings is 1. The maximum absolute atomic E-state index is 11.1.